The summed E-state index contributed by atoms with van der Waals surface area (Å²) in [6.07, 6.45) is 1.70. The van der Waals surface area contributed by atoms with E-state index in [4.69, 9.17) is 14.2 Å². The van der Waals surface area contributed by atoms with E-state index in [1.165, 1.54) is 17.6 Å². The molecule has 148 valence electrons. The molecular weight excluding hydrogens is 390 g/mol. The fourth-order valence-electron chi connectivity index (χ4n) is 2.86. The molecule has 8 heteroatoms. The molecule has 2 aromatic carbocycles. The van der Waals surface area contributed by atoms with Gasteiger partial charge in [-0.05, 0) is 12.1 Å². The second-order valence-electron chi connectivity index (χ2n) is 6.21. The molecule has 0 spiro atoms. The Morgan fingerprint density at radius 2 is 2.10 bits per heavy atom. The lowest BCUT2D eigenvalue weighted by atomic mass is 10.2. The van der Waals surface area contributed by atoms with E-state index in [0.717, 1.165) is 21.8 Å². The quantitative estimate of drug-likeness (QED) is 0.499. The van der Waals surface area contributed by atoms with Crippen molar-refractivity contribution in [3.8, 4) is 28.5 Å². The van der Waals surface area contributed by atoms with Gasteiger partial charge >= 0.3 is 0 Å². The Labute approximate surface area is 172 Å². The molecule has 0 unspecified atom stereocenters. The van der Waals surface area contributed by atoms with E-state index in [2.05, 4.69) is 15.5 Å². The smallest absolute Gasteiger partial charge is 0.246 e. The fourth-order valence-corrected chi connectivity index (χ4v) is 3.66. The van der Waals surface area contributed by atoms with Crippen LogP contribution in [0.3, 0.4) is 0 Å². The number of thiazole rings is 1. The van der Waals surface area contributed by atoms with Crippen LogP contribution in [0.5, 0.6) is 17.2 Å². The van der Waals surface area contributed by atoms with E-state index in [-0.39, 0.29) is 12.3 Å². The molecular formula is C21H19N3O4S. The summed E-state index contributed by atoms with van der Waals surface area (Å²) < 4.78 is 16.5. The van der Waals surface area contributed by atoms with Crippen molar-refractivity contribution in [2.24, 2.45) is 5.10 Å². The van der Waals surface area contributed by atoms with Gasteiger partial charge in [-0.15, -0.1) is 11.3 Å². The number of hydrogen-bond acceptors (Lipinski definition) is 7. The molecule has 3 aromatic rings. The molecule has 29 heavy (non-hydrogen) atoms. The zero-order chi connectivity index (χ0) is 20.1. The van der Waals surface area contributed by atoms with Crippen molar-refractivity contribution < 1.29 is 19.0 Å². The molecule has 2 heterocycles. The lowest BCUT2D eigenvalue weighted by Crippen LogP contribution is -2.19. The highest BCUT2D eigenvalue weighted by Crippen LogP contribution is 2.39. The van der Waals surface area contributed by atoms with Gasteiger partial charge in [0.05, 0.1) is 25.4 Å². The Bertz CT molecular complexity index is 1020. The molecule has 1 aromatic heterocycles. The summed E-state index contributed by atoms with van der Waals surface area (Å²) in [5, 5.41) is 6.71. The molecule has 1 amide bonds. The number of hydrogen-bond donors (Lipinski definition) is 1. The summed E-state index contributed by atoms with van der Waals surface area (Å²) in [5.41, 5.74) is 5.15. The van der Waals surface area contributed by atoms with Crippen LogP contribution in [-0.2, 0) is 11.2 Å². The molecule has 0 saturated carbocycles. The molecule has 0 bridgehead atoms. The zero-order valence-electron chi connectivity index (χ0n) is 15.8. The maximum absolute atomic E-state index is 12.2. The average Bonchev–Trinajstić information content (AvgIpc) is 3.22. The minimum Gasteiger partial charge on any atom is -0.493 e. The second kappa shape index (κ2) is 8.74. The third kappa shape index (κ3) is 4.55. The molecule has 0 fully saturated rings. The summed E-state index contributed by atoms with van der Waals surface area (Å²) >= 11 is 1.45. The SMILES string of the molecule is COc1cc(/C=N\NC(=O)Cc2nc(-c3ccccc3)cs2)cc2c1OCCO2. The van der Waals surface area contributed by atoms with E-state index >= 15 is 0 Å². The van der Waals surface area contributed by atoms with E-state index in [1.54, 1.807) is 19.2 Å². The second-order valence-corrected chi connectivity index (χ2v) is 7.15. The number of carbonyl (C=O) groups is 1. The van der Waals surface area contributed by atoms with E-state index < -0.39 is 0 Å². The third-order valence-electron chi connectivity index (χ3n) is 4.19. The number of hydrazone groups is 1. The lowest BCUT2D eigenvalue weighted by Gasteiger charge is -2.20. The van der Waals surface area contributed by atoms with E-state index in [1.807, 2.05) is 35.7 Å². The molecule has 4 rings (SSSR count). The van der Waals surface area contributed by atoms with Crippen LogP contribution in [0, 0.1) is 0 Å². The van der Waals surface area contributed by atoms with Crippen molar-refractivity contribution in [3.63, 3.8) is 0 Å². The van der Waals surface area contributed by atoms with Gasteiger partial charge in [0.1, 0.15) is 18.2 Å². The van der Waals surface area contributed by atoms with Gasteiger partial charge in [-0.2, -0.15) is 5.10 Å². The van der Waals surface area contributed by atoms with Gasteiger partial charge in [-0.1, -0.05) is 30.3 Å². The number of aromatic nitrogens is 1. The highest BCUT2D eigenvalue weighted by Gasteiger charge is 2.18. The molecule has 7 nitrogen and oxygen atoms in total. The lowest BCUT2D eigenvalue weighted by molar-refractivity contribution is -0.120. The predicted molar refractivity (Wildman–Crippen MR) is 111 cm³/mol. The monoisotopic (exact) mass is 409 g/mol. The Kier molecular flexibility index (Phi) is 5.71. The van der Waals surface area contributed by atoms with Crippen molar-refractivity contribution in [1.29, 1.82) is 0 Å². The number of nitrogens with one attached hydrogen (secondary N) is 1. The molecule has 1 N–H and O–H groups in total. The maximum Gasteiger partial charge on any atom is 0.246 e. The summed E-state index contributed by atoms with van der Waals surface area (Å²) in [7, 11) is 1.56. The highest BCUT2D eigenvalue weighted by atomic mass is 32.1. The molecule has 0 saturated heterocycles. The summed E-state index contributed by atoms with van der Waals surface area (Å²) in [5.74, 6) is 1.50. The first-order valence-electron chi connectivity index (χ1n) is 9.02. The van der Waals surface area contributed by atoms with Crippen LogP contribution in [0.4, 0.5) is 0 Å². The normalized spacial score (nSPS) is 12.7. The molecule has 0 aliphatic carbocycles. The van der Waals surface area contributed by atoms with Crippen molar-refractivity contribution in [3.05, 3.63) is 58.4 Å². The number of benzene rings is 2. The topological polar surface area (TPSA) is 82.0 Å². The number of fused-ring (bicyclic) bond motifs is 1. The van der Waals surface area contributed by atoms with Crippen LogP contribution in [0.2, 0.25) is 0 Å². The van der Waals surface area contributed by atoms with Gasteiger partial charge in [-0.25, -0.2) is 10.4 Å². The zero-order valence-corrected chi connectivity index (χ0v) is 16.6. The van der Waals surface area contributed by atoms with Gasteiger partial charge < -0.3 is 14.2 Å². The first kappa shape index (κ1) is 18.9. The number of amides is 1. The highest BCUT2D eigenvalue weighted by molar-refractivity contribution is 7.10. The number of ether oxygens (including phenoxy) is 3. The van der Waals surface area contributed by atoms with Gasteiger partial charge in [0.15, 0.2) is 11.5 Å². The molecule has 0 atom stereocenters. The van der Waals surface area contributed by atoms with E-state index in [0.29, 0.717) is 30.5 Å². The van der Waals surface area contributed by atoms with Crippen LogP contribution in [-0.4, -0.2) is 37.4 Å². The van der Waals surface area contributed by atoms with Crippen LogP contribution < -0.4 is 19.6 Å². The predicted octanol–water partition coefficient (Wildman–Crippen LogP) is 3.28. The van der Waals surface area contributed by atoms with Crippen LogP contribution >= 0.6 is 11.3 Å². The Hall–Kier alpha value is -3.39. The van der Waals surface area contributed by atoms with Crippen LogP contribution in [0.15, 0.2) is 52.9 Å². The summed E-state index contributed by atoms with van der Waals surface area (Å²) in [6, 6.07) is 13.4. The van der Waals surface area contributed by atoms with Crippen LogP contribution in [0.1, 0.15) is 10.6 Å². The van der Waals surface area contributed by atoms with Crippen molar-refractivity contribution >= 4 is 23.5 Å². The fraction of sp³-hybridized carbons (Fsp3) is 0.190. The van der Waals surface area contributed by atoms with Crippen molar-refractivity contribution in [1.82, 2.24) is 10.4 Å². The van der Waals surface area contributed by atoms with Gasteiger partial charge in [0.25, 0.3) is 0 Å². The Balaban J connectivity index is 1.37. The molecule has 1 aliphatic rings. The van der Waals surface area contributed by atoms with E-state index in [9.17, 15) is 4.79 Å². The number of rotatable bonds is 6. The van der Waals surface area contributed by atoms with Gasteiger partial charge in [0, 0.05) is 16.5 Å². The van der Waals surface area contributed by atoms with Gasteiger partial charge in [0.2, 0.25) is 11.7 Å². The average molecular weight is 409 g/mol. The number of methoxy groups -OCH3 is 1. The summed E-state index contributed by atoms with van der Waals surface area (Å²) in [4.78, 5) is 16.7. The Morgan fingerprint density at radius 3 is 2.93 bits per heavy atom. The van der Waals surface area contributed by atoms with Crippen molar-refractivity contribution in [2.45, 2.75) is 6.42 Å². The molecule has 0 radical (unpaired) electrons. The summed E-state index contributed by atoms with van der Waals surface area (Å²) in [6.45, 7) is 0.960. The first-order valence-corrected chi connectivity index (χ1v) is 9.90. The Morgan fingerprint density at radius 1 is 1.28 bits per heavy atom. The van der Waals surface area contributed by atoms with Crippen LogP contribution in [0.25, 0.3) is 11.3 Å². The first-order chi connectivity index (χ1) is 14.2. The van der Waals surface area contributed by atoms with Gasteiger partial charge in [-0.3, -0.25) is 4.79 Å². The molecule has 1 aliphatic heterocycles. The third-order valence-corrected chi connectivity index (χ3v) is 5.04. The maximum atomic E-state index is 12.2. The minimum absolute atomic E-state index is 0.166. The number of carbonyl (C=O) groups excluding carboxylic acids is 1. The standard InChI is InChI=1S/C21H19N3O4S/c1-26-17-9-14(10-18-21(17)28-8-7-27-18)12-22-24-19(25)11-20-23-16(13-29-20)15-5-3-2-4-6-15/h2-6,9-10,12-13H,7-8,11H2,1H3,(H,24,25)/b22-12-. The largest absolute Gasteiger partial charge is 0.493 e. The van der Waals surface area contributed by atoms with Crippen molar-refractivity contribution in [2.75, 3.05) is 20.3 Å². The number of nitrogens with zero attached hydrogens (tertiary/aromatic N) is 2. The minimum atomic E-state index is -0.236.